The number of phenols is 1. The van der Waals surface area contributed by atoms with E-state index in [1.54, 1.807) is 12.1 Å². The van der Waals surface area contributed by atoms with Gasteiger partial charge in [0.25, 0.3) is 0 Å². The van der Waals surface area contributed by atoms with Crippen LogP contribution in [0.5, 0.6) is 11.5 Å². The molecule has 0 saturated heterocycles. The average Bonchev–Trinajstić information content (AvgIpc) is 2.90. The van der Waals surface area contributed by atoms with Crippen molar-refractivity contribution in [3.63, 3.8) is 0 Å². The molecule has 1 aromatic heterocycles. The summed E-state index contributed by atoms with van der Waals surface area (Å²) in [6, 6.07) is 3.27. The second kappa shape index (κ2) is 6.89. The molecular weight excluding hydrogens is 356 g/mol. The van der Waals surface area contributed by atoms with Crippen LogP contribution in [0.15, 0.2) is 31.4 Å². The maximum atomic E-state index is 9.82. The molecule has 1 heterocycles. The number of anilines is 1. The molecule has 0 aliphatic carbocycles. The van der Waals surface area contributed by atoms with Crippen molar-refractivity contribution in [1.29, 1.82) is 0 Å². The summed E-state index contributed by atoms with van der Waals surface area (Å²) in [6.07, 6.45) is 1.43. The van der Waals surface area contributed by atoms with Gasteiger partial charge in [-0.2, -0.15) is 5.10 Å². The van der Waals surface area contributed by atoms with E-state index in [0.29, 0.717) is 22.4 Å². The minimum absolute atomic E-state index is 0.0171. The zero-order valence-electron chi connectivity index (χ0n) is 11.5. The van der Waals surface area contributed by atoms with Gasteiger partial charge >= 0.3 is 0 Å². The Bertz CT molecular complexity index is 728. The smallest absolute Gasteiger partial charge is 0.199 e. The second-order valence-corrected chi connectivity index (χ2v) is 4.86. The predicted molar refractivity (Wildman–Crippen MR) is 84.0 cm³/mol. The number of phenolic OH excluding ortho intramolecular Hbond substituents is 1. The number of hydrogen-bond acceptors (Lipinski definition) is 8. The van der Waals surface area contributed by atoms with Gasteiger partial charge in [-0.05, 0) is 50.9 Å². The van der Waals surface area contributed by atoms with Crippen molar-refractivity contribution in [3.8, 4) is 11.5 Å². The first-order valence-electron chi connectivity index (χ1n) is 6.13. The van der Waals surface area contributed by atoms with Crippen LogP contribution < -0.4 is 16.2 Å². The molecule has 0 bridgehead atoms. The van der Waals surface area contributed by atoms with Gasteiger partial charge in [-0.25, -0.2) is 4.63 Å². The number of ether oxygens (including phenoxy) is 1. The van der Waals surface area contributed by atoms with Crippen LogP contribution in [0, 0.1) is 0 Å². The summed E-state index contributed by atoms with van der Waals surface area (Å²) in [7, 11) is 0. The first kappa shape index (κ1) is 15.8. The molecule has 2 aromatic rings. The lowest BCUT2D eigenvalue weighted by molar-refractivity contribution is 0.308. The number of nitrogens with zero attached hydrogens (tertiary/aromatic N) is 4. The Kier molecular flexibility index (Phi) is 4.94. The van der Waals surface area contributed by atoms with Gasteiger partial charge in [-0.3, -0.25) is 0 Å². The van der Waals surface area contributed by atoms with E-state index in [9.17, 15) is 5.11 Å². The third-order valence-electron chi connectivity index (χ3n) is 2.48. The average molecular weight is 369 g/mol. The molecule has 9 nitrogen and oxygen atoms in total. The minimum atomic E-state index is -0.0297. The summed E-state index contributed by atoms with van der Waals surface area (Å²) in [4.78, 5) is 0. The predicted octanol–water partition coefficient (Wildman–Crippen LogP) is 1.26. The van der Waals surface area contributed by atoms with Gasteiger partial charge in [0.2, 0.25) is 0 Å². The maximum Gasteiger partial charge on any atom is 0.199 e. The van der Waals surface area contributed by atoms with Crippen molar-refractivity contribution >= 4 is 33.8 Å². The van der Waals surface area contributed by atoms with Crippen molar-refractivity contribution in [2.45, 2.75) is 6.92 Å². The zero-order valence-corrected chi connectivity index (χ0v) is 13.1. The molecule has 0 atom stereocenters. The van der Waals surface area contributed by atoms with E-state index in [1.165, 1.54) is 6.21 Å². The molecule has 116 valence electrons. The van der Waals surface area contributed by atoms with Crippen molar-refractivity contribution < 1.29 is 14.5 Å². The van der Waals surface area contributed by atoms with Crippen molar-refractivity contribution in [2.24, 2.45) is 15.9 Å². The lowest BCUT2D eigenvalue weighted by atomic mass is 10.2. The molecule has 0 unspecified atom stereocenters. The molecule has 0 saturated carbocycles. The summed E-state index contributed by atoms with van der Waals surface area (Å²) < 4.78 is 10.2. The summed E-state index contributed by atoms with van der Waals surface area (Å²) in [6.45, 7) is 2.24. The molecule has 10 heteroatoms. The van der Waals surface area contributed by atoms with Crippen molar-refractivity contribution in [3.05, 3.63) is 27.9 Å². The summed E-state index contributed by atoms with van der Waals surface area (Å²) in [5, 5.41) is 24.3. The van der Waals surface area contributed by atoms with E-state index in [1.807, 2.05) is 6.92 Å². The summed E-state index contributed by atoms with van der Waals surface area (Å²) >= 11 is 3.23. The SMILES string of the molecule is CCOc1cc(/C=N\N=C(N)c2nonc2N)cc(Br)c1O. The van der Waals surface area contributed by atoms with Crippen LogP contribution in [-0.4, -0.2) is 34.1 Å². The van der Waals surface area contributed by atoms with Gasteiger partial charge in [-0.1, -0.05) is 0 Å². The van der Waals surface area contributed by atoms with Crippen LogP contribution in [0.2, 0.25) is 0 Å². The monoisotopic (exact) mass is 368 g/mol. The number of nitrogen functional groups attached to an aromatic ring is 1. The fourth-order valence-electron chi connectivity index (χ4n) is 1.51. The Morgan fingerprint density at radius 1 is 1.50 bits per heavy atom. The van der Waals surface area contributed by atoms with Gasteiger partial charge in [0.15, 0.2) is 28.8 Å². The first-order chi connectivity index (χ1) is 10.5. The molecule has 2 rings (SSSR count). The second-order valence-electron chi connectivity index (χ2n) is 4.01. The van der Waals surface area contributed by atoms with E-state index in [0.717, 1.165) is 0 Å². The zero-order chi connectivity index (χ0) is 16.1. The van der Waals surface area contributed by atoms with Crippen molar-refractivity contribution in [2.75, 3.05) is 12.3 Å². The Labute approximate surface area is 133 Å². The molecule has 5 N–H and O–H groups in total. The van der Waals surface area contributed by atoms with Crippen LogP contribution >= 0.6 is 15.9 Å². The first-order valence-corrected chi connectivity index (χ1v) is 6.92. The molecule has 0 aliphatic rings. The summed E-state index contributed by atoms with van der Waals surface area (Å²) in [5.41, 5.74) is 11.9. The topological polar surface area (TPSA) is 145 Å². The standard InChI is InChI=1S/C12H13BrN6O3/c1-2-21-8-4-6(3-7(13)10(8)20)5-16-17-11(14)9-12(15)19-22-18-9/h3-5,20H,2H2,1H3,(H2,14,17)(H2,15,19)/b16-5-. The van der Waals surface area contributed by atoms with Gasteiger partial charge in [0.1, 0.15) is 0 Å². The number of nitrogens with two attached hydrogens (primary N) is 2. The Hall–Kier alpha value is -2.62. The van der Waals surface area contributed by atoms with Gasteiger partial charge in [-0.15, -0.1) is 5.10 Å². The van der Waals surface area contributed by atoms with Crippen LogP contribution in [0.1, 0.15) is 18.2 Å². The summed E-state index contributed by atoms with van der Waals surface area (Å²) in [5.74, 6) is 0.351. The van der Waals surface area contributed by atoms with Crippen LogP contribution in [0.3, 0.4) is 0 Å². The maximum absolute atomic E-state index is 9.82. The highest BCUT2D eigenvalue weighted by atomic mass is 79.9. The quantitative estimate of drug-likeness (QED) is 0.409. The number of aromatic nitrogens is 2. The number of halogens is 1. The fourth-order valence-corrected chi connectivity index (χ4v) is 1.97. The number of hydrogen-bond donors (Lipinski definition) is 3. The van der Waals surface area contributed by atoms with E-state index in [2.05, 4.69) is 41.1 Å². The number of rotatable bonds is 5. The molecule has 0 aliphatic heterocycles. The molecule has 0 spiro atoms. The highest BCUT2D eigenvalue weighted by Gasteiger charge is 2.10. The lowest BCUT2D eigenvalue weighted by Gasteiger charge is -2.08. The number of benzene rings is 1. The number of aromatic hydroxyl groups is 1. The van der Waals surface area contributed by atoms with E-state index in [4.69, 9.17) is 16.2 Å². The third kappa shape index (κ3) is 3.52. The highest BCUT2D eigenvalue weighted by Crippen LogP contribution is 2.35. The van der Waals surface area contributed by atoms with E-state index in [-0.39, 0.29) is 23.1 Å². The molecule has 0 radical (unpaired) electrons. The van der Waals surface area contributed by atoms with Gasteiger partial charge in [0.05, 0.1) is 17.3 Å². The Morgan fingerprint density at radius 3 is 2.91 bits per heavy atom. The molecule has 0 amide bonds. The van der Waals surface area contributed by atoms with E-state index < -0.39 is 0 Å². The molecular formula is C12H13BrN6O3. The Balaban J connectivity index is 2.21. The van der Waals surface area contributed by atoms with Gasteiger partial charge < -0.3 is 21.3 Å². The normalized spacial score (nSPS) is 12.0. The van der Waals surface area contributed by atoms with Crippen molar-refractivity contribution in [1.82, 2.24) is 10.3 Å². The lowest BCUT2D eigenvalue weighted by Crippen LogP contribution is -2.15. The van der Waals surface area contributed by atoms with E-state index >= 15 is 0 Å². The largest absolute Gasteiger partial charge is 0.503 e. The third-order valence-corrected chi connectivity index (χ3v) is 3.08. The molecule has 22 heavy (non-hydrogen) atoms. The number of amidine groups is 1. The fraction of sp³-hybridized carbons (Fsp3) is 0.167. The van der Waals surface area contributed by atoms with Crippen LogP contribution in [-0.2, 0) is 0 Å². The minimum Gasteiger partial charge on any atom is -0.503 e. The van der Waals surface area contributed by atoms with Crippen LogP contribution in [0.25, 0.3) is 0 Å². The Morgan fingerprint density at radius 2 is 2.27 bits per heavy atom. The van der Waals surface area contributed by atoms with Gasteiger partial charge in [0, 0.05) is 0 Å². The molecule has 0 fully saturated rings. The highest BCUT2D eigenvalue weighted by molar-refractivity contribution is 9.10. The van der Waals surface area contributed by atoms with Crippen LogP contribution in [0.4, 0.5) is 5.82 Å². The molecule has 1 aromatic carbocycles.